The molecular formula is C21H33N2O5P. The van der Waals surface area contributed by atoms with Crippen LogP contribution in [0.5, 0.6) is 5.75 Å². The third kappa shape index (κ3) is 10.0. The summed E-state index contributed by atoms with van der Waals surface area (Å²) in [6, 6.07) is 10.0. The van der Waals surface area contributed by atoms with Gasteiger partial charge in [-0.1, -0.05) is 12.1 Å². The molecule has 0 spiro atoms. The van der Waals surface area contributed by atoms with Gasteiger partial charge in [-0.15, -0.1) is 0 Å². The zero-order valence-electron chi connectivity index (χ0n) is 18.1. The van der Waals surface area contributed by atoms with Crippen molar-refractivity contribution in [2.45, 2.75) is 66.0 Å². The fourth-order valence-corrected chi connectivity index (χ4v) is 4.33. The minimum atomic E-state index is -1.20. The maximum Gasteiger partial charge on any atom is 0.513 e. The van der Waals surface area contributed by atoms with E-state index in [1.807, 2.05) is 12.1 Å². The minimum Gasteiger partial charge on any atom is -0.434 e. The van der Waals surface area contributed by atoms with Crippen LogP contribution in [0.1, 0.15) is 53.0 Å². The number of rotatable bonds is 13. The second kappa shape index (κ2) is 14.3. The van der Waals surface area contributed by atoms with Crippen LogP contribution < -0.4 is 4.74 Å². The normalized spacial score (nSPS) is 12.2. The van der Waals surface area contributed by atoms with Crippen molar-refractivity contribution < 1.29 is 23.3 Å². The maximum atomic E-state index is 11.3. The molecule has 0 heterocycles. The van der Waals surface area contributed by atoms with Crippen molar-refractivity contribution in [2.75, 3.05) is 19.8 Å². The van der Waals surface area contributed by atoms with Crippen molar-refractivity contribution in [3.63, 3.8) is 0 Å². The first-order valence-electron chi connectivity index (χ1n) is 10.0. The maximum absolute atomic E-state index is 11.3. The number of nitrogens with zero attached hydrogens (tertiary/aromatic N) is 2. The molecule has 0 N–H and O–H groups in total. The molecule has 8 heteroatoms. The van der Waals surface area contributed by atoms with Gasteiger partial charge < -0.3 is 18.5 Å². The van der Waals surface area contributed by atoms with Gasteiger partial charge in [-0.3, -0.25) is 0 Å². The van der Waals surface area contributed by atoms with Crippen LogP contribution in [0.4, 0.5) is 4.79 Å². The number of nitriles is 1. The van der Waals surface area contributed by atoms with Crippen molar-refractivity contribution in [1.82, 2.24) is 4.67 Å². The van der Waals surface area contributed by atoms with E-state index in [1.165, 1.54) is 0 Å². The average Bonchev–Trinajstić information content (AvgIpc) is 2.66. The van der Waals surface area contributed by atoms with Gasteiger partial charge >= 0.3 is 6.16 Å². The van der Waals surface area contributed by atoms with E-state index in [-0.39, 0.29) is 18.7 Å². The molecule has 162 valence electrons. The molecule has 0 amide bonds. The molecule has 7 nitrogen and oxygen atoms in total. The summed E-state index contributed by atoms with van der Waals surface area (Å²) in [7, 11) is -1.20. The van der Waals surface area contributed by atoms with Crippen LogP contribution >= 0.6 is 8.53 Å². The van der Waals surface area contributed by atoms with E-state index < -0.39 is 14.7 Å². The highest BCUT2D eigenvalue weighted by molar-refractivity contribution is 7.44. The quantitative estimate of drug-likeness (QED) is 0.180. The van der Waals surface area contributed by atoms with Gasteiger partial charge in [0.15, 0.2) is 0 Å². The van der Waals surface area contributed by atoms with Crippen LogP contribution in [-0.4, -0.2) is 42.7 Å². The molecule has 0 aliphatic heterocycles. The molecule has 0 saturated heterocycles. The molecule has 0 bridgehead atoms. The Morgan fingerprint density at radius 2 is 1.72 bits per heavy atom. The minimum absolute atomic E-state index is 0.282. The van der Waals surface area contributed by atoms with Crippen molar-refractivity contribution in [3.05, 3.63) is 29.8 Å². The van der Waals surface area contributed by atoms with Gasteiger partial charge in [-0.25, -0.2) is 9.46 Å². The molecule has 0 aromatic heterocycles. The molecule has 1 aromatic carbocycles. The van der Waals surface area contributed by atoms with Crippen LogP contribution in [0.2, 0.25) is 0 Å². The number of carbonyl (C=O) groups excluding carboxylic acids is 1. The standard InChI is InChI=1S/C21H33N2O5P/c1-6-25-21(24)28-20-12-10-19(11-13-20)9-7-15-26-29(27-16-8-14-22)23(17(2)3)18(4)5/h10-13,17-18H,6-9,15-16H2,1-5H3. The van der Waals surface area contributed by atoms with Crippen molar-refractivity contribution in [2.24, 2.45) is 0 Å². The average molecular weight is 424 g/mol. The van der Waals surface area contributed by atoms with Gasteiger partial charge in [0.2, 0.25) is 0 Å². The fraction of sp³-hybridized carbons (Fsp3) is 0.619. The Labute approximate surface area is 175 Å². The summed E-state index contributed by atoms with van der Waals surface area (Å²) in [5.74, 6) is 0.461. The molecule has 0 aliphatic rings. The Morgan fingerprint density at radius 3 is 2.28 bits per heavy atom. The SMILES string of the molecule is CCOC(=O)Oc1ccc(CCCOP(OCCC#N)N(C(C)C)C(C)C)cc1. The topological polar surface area (TPSA) is 81.0 Å². The number of hydrogen-bond donors (Lipinski definition) is 0. The lowest BCUT2D eigenvalue weighted by Gasteiger charge is -2.35. The van der Waals surface area contributed by atoms with E-state index in [9.17, 15) is 4.79 Å². The fourth-order valence-electron chi connectivity index (χ4n) is 2.70. The van der Waals surface area contributed by atoms with Crippen molar-refractivity contribution >= 4 is 14.7 Å². The zero-order valence-corrected chi connectivity index (χ0v) is 19.0. The van der Waals surface area contributed by atoms with Crippen LogP contribution in [0.3, 0.4) is 0 Å². The number of aryl methyl sites for hydroxylation is 1. The summed E-state index contributed by atoms with van der Waals surface area (Å²) in [4.78, 5) is 11.3. The number of ether oxygens (including phenoxy) is 2. The van der Waals surface area contributed by atoms with Gasteiger partial charge in [0.1, 0.15) is 5.75 Å². The Balaban J connectivity index is 2.51. The highest BCUT2D eigenvalue weighted by Gasteiger charge is 2.26. The highest BCUT2D eigenvalue weighted by Crippen LogP contribution is 2.46. The van der Waals surface area contributed by atoms with E-state index in [4.69, 9.17) is 23.8 Å². The van der Waals surface area contributed by atoms with E-state index >= 15 is 0 Å². The second-order valence-corrected chi connectivity index (χ2v) is 8.37. The first-order valence-corrected chi connectivity index (χ1v) is 11.2. The molecule has 0 fully saturated rings. The summed E-state index contributed by atoms with van der Waals surface area (Å²) < 4.78 is 24.0. The summed E-state index contributed by atoms with van der Waals surface area (Å²) in [5, 5.41) is 8.76. The first kappa shape index (κ1) is 25.3. The molecular weight excluding hydrogens is 391 g/mol. The summed E-state index contributed by atoms with van der Waals surface area (Å²) in [5.41, 5.74) is 1.13. The molecule has 1 rings (SSSR count). The van der Waals surface area contributed by atoms with Gasteiger partial charge in [-0.05, 0) is 65.2 Å². The van der Waals surface area contributed by atoms with Crippen LogP contribution in [0, 0.1) is 11.3 Å². The lowest BCUT2D eigenvalue weighted by Crippen LogP contribution is -2.33. The first-order chi connectivity index (χ1) is 13.9. The lowest BCUT2D eigenvalue weighted by molar-refractivity contribution is 0.104. The molecule has 0 saturated carbocycles. The van der Waals surface area contributed by atoms with Gasteiger partial charge in [0.25, 0.3) is 8.53 Å². The van der Waals surface area contributed by atoms with Gasteiger partial charge in [0.05, 0.1) is 32.3 Å². The Morgan fingerprint density at radius 1 is 1.10 bits per heavy atom. The van der Waals surface area contributed by atoms with E-state index in [0.717, 1.165) is 18.4 Å². The Kier molecular flexibility index (Phi) is 12.5. The summed E-state index contributed by atoms with van der Waals surface area (Å²) >= 11 is 0. The zero-order chi connectivity index (χ0) is 21.6. The smallest absolute Gasteiger partial charge is 0.434 e. The molecule has 0 radical (unpaired) electrons. The number of benzene rings is 1. The Hall–Kier alpha value is -1.71. The van der Waals surface area contributed by atoms with Crippen molar-refractivity contribution in [3.8, 4) is 11.8 Å². The molecule has 0 aliphatic carbocycles. The Bertz CT molecular complexity index is 623. The monoisotopic (exact) mass is 424 g/mol. The second-order valence-electron chi connectivity index (χ2n) is 6.91. The predicted molar refractivity (Wildman–Crippen MR) is 114 cm³/mol. The number of hydrogen-bond acceptors (Lipinski definition) is 7. The largest absolute Gasteiger partial charge is 0.513 e. The molecule has 1 atom stereocenters. The summed E-state index contributed by atoms with van der Waals surface area (Å²) in [6.45, 7) is 11.4. The summed E-state index contributed by atoms with van der Waals surface area (Å²) in [6.07, 6.45) is 1.33. The van der Waals surface area contributed by atoms with Crippen molar-refractivity contribution in [1.29, 1.82) is 5.26 Å². The van der Waals surface area contributed by atoms with Gasteiger partial charge in [0, 0.05) is 12.1 Å². The van der Waals surface area contributed by atoms with E-state index in [1.54, 1.807) is 19.1 Å². The number of carbonyl (C=O) groups is 1. The predicted octanol–water partition coefficient (Wildman–Crippen LogP) is 5.45. The van der Waals surface area contributed by atoms with Crippen LogP contribution in [-0.2, 0) is 20.2 Å². The van der Waals surface area contributed by atoms with Gasteiger partial charge in [-0.2, -0.15) is 5.26 Å². The van der Waals surface area contributed by atoms with Crippen LogP contribution in [0.25, 0.3) is 0 Å². The molecule has 1 unspecified atom stereocenters. The third-order valence-electron chi connectivity index (χ3n) is 3.86. The van der Waals surface area contributed by atoms with E-state index in [0.29, 0.717) is 25.4 Å². The molecule has 29 heavy (non-hydrogen) atoms. The third-order valence-corrected chi connectivity index (χ3v) is 5.97. The molecule has 1 aromatic rings. The van der Waals surface area contributed by atoms with E-state index in [2.05, 4.69) is 38.4 Å². The lowest BCUT2D eigenvalue weighted by atomic mass is 10.1. The highest BCUT2D eigenvalue weighted by atomic mass is 31.2. The van der Waals surface area contributed by atoms with Crippen LogP contribution in [0.15, 0.2) is 24.3 Å².